The molecule has 114 valence electrons. The van der Waals surface area contributed by atoms with E-state index in [1.54, 1.807) is 11.1 Å². The van der Waals surface area contributed by atoms with E-state index in [-0.39, 0.29) is 0 Å². The van der Waals surface area contributed by atoms with E-state index in [1.807, 2.05) is 0 Å². The number of fused-ring (bicyclic) bond motifs is 1. The second kappa shape index (κ2) is 5.26. The average Bonchev–Trinajstić information content (AvgIpc) is 2.68. The van der Waals surface area contributed by atoms with E-state index in [0.29, 0.717) is 5.41 Å². The van der Waals surface area contributed by atoms with Crippen molar-refractivity contribution in [2.45, 2.75) is 53.9 Å². The van der Waals surface area contributed by atoms with Crippen LogP contribution >= 0.6 is 15.9 Å². The van der Waals surface area contributed by atoms with Crippen LogP contribution in [0, 0.1) is 23.2 Å². The first-order valence-corrected chi connectivity index (χ1v) is 9.10. The molecule has 0 unspecified atom stereocenters. The van der Waals surface area contributed by atoms with Crippen molar-refractivity contribution in [1.82, 2.24) is 0 Å². The molecule has 3 rings (SSSR count). The Morgan fingerprint density at radius 1 is 1.10 bits per heavy atom. The molecule has 0 heterocycles. The van der Waals surface area contributed by atoms with Crippen LogP contribution in [0.25, 0.3) is 5.57 Å². The number of hydrogen-bond acceptors (Lipinski definition) is 0. The first-order valence-electron chi connectivity index (χ1n) is 8.31. The number of hydrogen-bond donors (Lipinski definition) is 0. The molecule has 2 aliphatic rings. The molecular weight excluding hydrogens is 320 g/mol. The summed E-state index contributed by atoms with van der Waals surface area (Å²) in [4.78, 5) is 0. The van der Waals surface area contributed by atoms with E-state index < -0.39 is 0 Å². The van der Waals surface area contributed by atoms with Gasteiger partial charge in [-0.25, -0.2) is 0 Å². The van der Waals surface area contributed by atoms with E-state index in [1.165, 1.54) is 34.9 Å². The van der Waals surface area contributed by atoms with Crippen LogP contribution in [0.5, 0.6) is 0 Å². The highest BCUT2D eigenvalue weighted by Gasteiger charge is 2.48. The second-order valence-corrected chi connectivity index (χ2v) is 8.77. The molecule has 0 aliphatic heterocycles. The third-order valence-electron chi connectivity index (χ3n) is 6.12. The fourth-order valence-electron chi connectivity index (χ4n) is 5.07. The van der Waals surface area contributed by atoms with Crippen LogP contribution in [0.1, 0.15) is 58.6 Å². The highest BCUT2D eigenvalue weighted by Crippen LogP contribution is 2.59. The first kappa shape index (κ1) is 15.3. The van der Waals surface area contributed by atoms with Gasteiger partial charge in [0.2, 0.25) is 0 Å². The van der Waals surface area contributed by atoms with Gasteiger partial charge in [-0.05, 0) is 79.7 Å². The van der Waals surface area contributed by atoms with Crippen molar-refractivity contribution >= 4 is 21.5 Å². The highest BCUT2D eigenvalue weighted by molar-refractivity contribution is 9.10. The predicted octanol–water partition coefficient (Wildman–Crippen LogP) is 6.49. The van der Waals surface area contributed by atoms with Gasteiger partial charge >= 0.3 is 0 Å². The minimum Gasteiger partial charge on any atom is -0.0720 e. The number of allylic oxidation sites excluding steroid dienone is 2. The van der Waals surface area contributed by atoms with Gasteiger partial charge in [0.25, 0.3) is 0 Å². The zero-order valence-corrected chi connectivity index (χ0v) is 15.5. The van der Waals surface area contributed by atoms with Gasteiger partial charge in [-0.2, -0.15) is 0 Å². The summed E-state index contributed by atoms with van der Waals surface area (Å²) >= 11 is 3.66. The maximum atomic E-state index is 3.66. The maximum absolute atomic E-state index is 3.66. The number of halogens is 1. The maximum Gasteiger partial charge on any atom is 0.0181 e. The lowest BCUT2D eigenvalue weighted by Gasteiger charge is -2.46. The summed E-state index contributed by atoms with van der Waals surface area (Å²) in [6, 6.07) is 6.89. The smallest absolute Gasteiger partial charge is 0.0181 e. The predicted molar refractivity (Wildman–Crippen MR) is 95.3 cm³/mol. The molecule has 21 heavy (non-hydrogen) atoms. The molecule has 2 aliphatic carbocycles. The summed E-state index contributed by atoms with van der Waals surface area (Å²) in [5.41, 5.74) is 6.64. The molecule has 0 N–H and O–H groups in total. The Balaban J connectivity index is 2.11. The van der Waals surface area contributed by atoms with Gasteiger partial charge in [0.05, 0.1) is 0 Å². The molecule has 1 aromatic carbocycles. The number of benzene rings is 1. The Morgan fingerprint density at radius 2 is 1.71 bits per heavy atom. The summed E-state index contributed by atoms with van der Waals surface area (Å²) in [5.74, 6) is 2.49. The van der Waals surface area contributed by atoms with Crippen LogP contribution in [0.3, 0.4) is 0 Å². The zero-order valence-electron chi connectivity index (χ0n) is 14.0. The lowest BCUT2D eigenvalue weighted by atomic mass is 9.59. The van der Waals surface area contributed by atoms with Gasteiger partial charge in [-0.3, -0.25) is 0 Å². The SMILES string of the molecule is CC(C)=C1c2cc(Br)ccc2C[C@@]12C[C@@H](C)[C@H](C)[C@@H](C)C2. The fourth-order valence-corrected chi connectivity index (χ4v) is 5.43. The van der Waals surface area contributed by atoms with Crippen LogP contribution in [-0.4, -0.2) is 0 Å². The molecule has 0 saturated heterocycles. The minimum atomic E-state index is 0.396. The van der Waals surface area contributed by atoms with Gasteiger partial charge in [0.15, 0.2) is 0 Å². The van der Waals surface area contributed by atoms with Crippen LogP contribution < -0.4 is 0 Å². The van der Waals surface area contributed by atoms with Crippen molar-refractivity contribution < 1.29 is 0 Å². The molecule has 0 aromatic heterocycles. The monoisotopic (exact) mass is 346 g/mol. The zero-order chi connectivity index (χ0) is 15.4. The molecule has 4 atom stereocenters. The lowest BCUT2D eigenvalue weighted by Crippen LogP contribution is -2.37. The molecule has 0 bridgehead atoms. The molecule has 1 fully saturated rings. The van der Waals surface area contributed by atoms with Crippen LogP contribution in [0.4, 0.5) is 0 Å². The van der Waals surface area contributed by atoms with Crippen molar-refractivity contribution in [1.29, 1.82) is 0 Å². The Morgan fingerprint density at radius 3 is 2.29 bits per heavy atom. The summed E-state index contributed by atoms with van der Waals surface area (Å²) < 4.78 is 1.21. The van der Waals surface area contributed by atoms with Crippen molar-refractivity contribution in [2.75, 3.05) is 0 Å². The lowest BCUT2D eigenvalue weighted by molar-refractivity contribution is 0.103. The summed E-state index contributed by atoms with van der Waals surface area (Å²) in [7, 11) is 0. The van der Waals surface area contributed by atoms with E-state index >= 15 is 0 Å². The fraction of sp³-hybridized carbons (Fsp3) is 0.600. The largest absolute Gasteiger partial charge is 0.0720 e. The van der Waals surface area contributed by atoms with Crippen LogP contribution in [0.15, 0.2) is 28.2 Å². The van der Waals surface area contributed by atoms with Gasteiger partial charge in [0.1, 0.15) is 0 Å². The average molecular weight is 347 g/mol. The quantitative estimate of drug-likeness (QED) is 0.503. The molecule has 0 radical (unpaired) electrons. The van der Waals surface area contributed by atoms with E-state index in [2.05, 4.69) is 68.7 Å². The summed E-state index contributed by atoms with van der Waals surface area (Å²) in [6.45, 7) is 12.0. The molecule has 0 nitrogen and oxygen atoms in total. The Hall–Kier alpha value is -0.560. The highest BCUT2D eigenvalue weighted by atomic mass is 79.9. The van der Waals surface area contributed by atoms with Crippen molar-refractivity contribution in [2.24, 2.45) is 23.2 Å². The molecular formula is C20H27Br. The first-order chi connectivity index (χ1) is 9.84. The van der Waals surface area contributed by atoms with Gasteiger partial charge in [0, 0.05) is 9.89 Å². The minimum absolute atomic E-state index is 0.396. The normalized spacial score (nSPS) is 35.1. The van der Waals surface area contributed by atoms with Gasteiger partial charge in [-0.1, -0.05) is 48.3 Å². The second-order valence-electron chi connectivity index (χ2n) is 7.86. The van der Waals surface area contributed by atoms with Crippen molar-refractivity contribution in [3.63, 3.8) is 0 Å². The van der Waals surface area contributed by atoms with Crippen molar-refractivity contribution in [3.8, 4) is 0 Å². The van der Waals surface area contributed by atoms with Crippen molar-refractivity contribution in [3.05, 3.63) is 39.4 Å². The number of rotatable bonds is 0. The van der Waals surface area contributed by atoms with Crippen LogP contribution in [0.2, 0.25) is 0 Å². The van der Waals surface area contributed by atoms with E-state index in [9.17, 15) is 0 Å². The molecule has 0 amide bonds. The Kier molecular flexibility index (Phi) is 3.84. The Bertz CT molecular complexity index is 580. The molecule has 1 spiro atoms. The molecule has 1 heteroatoms. The van der Waals surface area contributed by atoms with Crippen LogP contribution in [-0.2, 0) is 6.42 Å². The standard InChI is InChI=1S/C20H27Br/c1-12(2)19-18-8-17(21)7-6-16(18)11-20(19)9-13(3)15(5)14(4)10-20/h6-8,13-15H,9-11H2,1-5H3/t13-,14+,15+,20+. The van der Waals surface area contributed by atoms with E-state index in [0.717, 1.165) is 17.8 Å². The summed E-state index contributed by atoms with van der Waals surface area (Å²) in [6.07, 6.45) is 3.95. The molecule has 1 saturated carbocycles. The van der Waals surface area contributed by atoms with Gasteiger partial charge in [-0.15, -0.1) is 0 Å². The summed E-state index contributed by atoms with van der Waals surface area (Å²) in [5, 5.41) is 0. The third kappa shape index (κ3) is 2.42. The topological polar surface area (TPSA) is 0 Å². The third-order valence-corrected chi connectivity index (χ3v) is 6.61. The van der Waals surface area contributed by atoms with E-state index in [4.69, 9.17) is 0 Å². The Labute approximate surface area is 138 Å². The van der Waals surface area contributed by atoms with Gasteiger partial charge < -0.3 is 0 Å². The molecule has 1 aromatic rings.